The van der Waals surface area contributed by atoms with Gasteiger partial charge >= 0.3 is 0 Å². The molecule has 0 bridgehead atoms. The van der Waals surface area contributed by atoms with Gasteiger partial charge in [0.2, 0.25) is 0 Å². The molecule has 0 radical (unpaired) electrons. The van der Waals surface area contributed by atoms with Gasteiger partial charge in [-0.25, -0.2) is 10.9 Å². The maximum Gasteiger partial charge on any atom is 0.134 e. The van der Waals surface area contributed by atoms with Gasteiger partial charge in [-0.3, -0.25) is 11.7 Å². The number of hydrazine groups is 2. The summed E-state index contributed by atoms with van der Waals surface area (Å²) < 4.78 is 0. The fourth-order valence-corrected chi connectivity index (χ4v) is 0.0481. The summed E-state index contributed by atoms with van der Waals surface area (Å²) >= 11 is 0. The zero-order valence-electron chi connectivity index (χ0n) is 3.31. The molecule has 0 fully saturated rings. The van der Waals surface area contributed by atoms with Gasteiger partial charge < -0.3 is 5.73 Å². The molecule has 0 spiro atoms. The molecule has 0 atom stereocenters. The van der Waals surface area contributed by atoms with E-state index < -0.39 is 6.29 Å². The van der Waals surface area contributed by atoms with Crippen molar-refractivity contribution in [1.82, 2.24) is 10.9 Å². The summed E-state index contributed by atoms with van der Waals surface area (Å²) in [4.78, 5) is 0. The zero-order valence-corrected chi connectivity index (χ0v) is 3.31. The van der Waals surface area contributed by atoms with Crippen LogP contribution in [0.15, 0.2) is 0 Å². The van der Waals surface area contributed by atoms with E-state index in [1.807, 2.05) is 0 Å². The maximum atomic E-state index is 5.00. The zero-order chi connectivity index (χ0) is 4.99. The smallest absolute Gasteiger partial charge is 0.134 e. The van der Waals surface area contributed by atoms with E-state index in [1.165, 1.54) is 0 Å². The minimum Gasteiger partial charge on any atom is -0.302 e. The van der Waals surface area contributed by atoms with E-state index in [4.69, 9.17) is 17.4 Å². The lowest BCUT2D eigenvalue weighted by Crippen LogP contribution is -2.55. The Labute approximate surface area is 35.8 Å². The molecule has 0 unspecified atom stereocenters. The van der Waals surface area contributed by atoms with Crippen molar-refractivity contribution in [3.05, 3.63) is 0 Å². The molecule has 0 aliphatic carbocycles. The van der Waals surface area contributed by atoms with Crippen molar-refractivity contribution < 1.29 is 0 Å². The number of hydrogen-bond acceptors (Lipinski definition) is 5. The fourth-order valence-electron chi connectivity index (χ4n) is 0.0481. The van der Waals surface area contributed by atoms with Crippen molar-refractivity contribution in [2.24, 2.45) is 17.4 Å². The first-order valence-corrected chi connectivity index (χ1v) is 1.49. The average Bonchev–Trinajstić information content (AvgIpc) is 1.65. The van der Waals surface area contributed by atoms with Crippen molar-refractivity contribution in [3.8, 4) is 0 Å². The third-order valence-electron chi connectivity index (χ3n) is 0.359. The van der Waals surface area contributed by atoms with Gasteiger partial charge in [0.1, 0.15) is 6.29 Å². The Balaban J connectivity index is 2.75. The van der Waals surface area contributed by atoms with E-state index >= 15 is 0 Å². The highest BCUT2D eigenvalue weighted by molar-refractivity contribution is 4.37. The first-order valence-electron chi connectivity index (χ1n) is 1.49. The molecule has 38 valence electrons. The largest absolute Gasteiger partial charge is 0.302 e. The average molecular weight is 91.1 g/mol. The molecule has 0 aromatic heterocycles. The van der Waals surface area contributed by atoms with Crippen LogP contribution in [0.25, 0.3) is 0 Å². The van der Waals surface area contributed by atoms with Crippen LogP contribution in [0.3, 0.4) is 0 Å². The molecular weight excluding hydrogens is 82.0 g/mol. The van der Waals surface area contributed by atoms with Crippen LogP contribution >= 0.6 is 0 Å². The van der Waals surface area contributed by atoms with Crippen LogP contribution in [0.1, 0.15) is 0 Å². The van der Waals surface area contributed by atoms with E-state index in [0.29, 0.717) is 0 Å². The van der Waals surface area contributed by atoms with Crippen LogP contribution in [-0.2, 0) is 0 Å². The lowest BCUT2D eigenvalue weighted by molar-refractivity contribution is 0.458. The lowest BCUT2D eigenvalue weighted by atomic mass is 11.0. The van der Waals surface area contributed by atoms with Crippen molar-refractivity contribution >= 4 is 0 Å². The minimum absolute atomic E-state index is 0.509. The third-order valence-corrected chi connectivity index (χ3v) is 0.359. The Morgan fingerprint density at radius 2 is 1.50 bits per heavy atom. The summed E-state index contributed by atoms with van der Waals surface area (Å²) in [5.74, 6) is 9.53. The predicted molar refractivity (Wildman–Crippen MR) is 22.6 cm³/mol. The van der Waals surface area contributed by atoms with Gasteiger partial charge in [-0.2, -0.15) is 0 Å². The highest BCUT2D eigenvalue weighted by Crippen LogP contribution is 1.40. The topological polar surface area (TPSA) is 102 Å². The van der Waals surface area contributed by atoms with Gasteiger partial charge in [0, 0.05) is 0 Å². The van der Waals surface area contributed by atoms with E-state index in [1.54, 1.807) is 0 Å². The lowest BCUT2D eigenvalue weighted by Gasteiger charge is -2.04. The summed E-state index contributed by atoms with van der Waals surface area (Å²) in [6.45, 7) is 0. The van der Waals surface area contributed by atoms with Crippen LogP contribution in [0, 0.1) is 0 Å². The first kappa shape index (κ1) is 5.80. The van der Waals surface area contributed by atoms with Gasteiger partial charge in [-0.15, -0.1) is 0 Å². The monoisotopic (exact) mass is 91.1 g/mol. The Morgan fingerprint density at radius 3 is 1.50 bits per heavy atom. The van der Waals surface area contributed by atoms with Crippen LogP contribution in [0.5, 0.6) is 0 Å². The molecule has 6 heavy (non-hydrogen) atoms. The highest BCUT2D eigenvalue weighted by Gasteiger charge is 1.85. The number of rotatable bonds is 2. The summed E-state index contributed by atoms with van der Waals surface area (Å²) in [5.41, 5.74) is 9.31. The van der Waals surface area contributed by atoms with Crippen LogP contribution < -0.4 is 28.3 Å². The Morgan fingerprint density at radius 1 is 1.17 bits per heavy atom. The van der Waals surface area contributed by atoms with Crippen molar-refractivity contribution in [2.45, 2.75) is 6.29 Å². The minimum atomic E-state index is -0.509. The predicted octanol–water partition coefficient (Wildman–Crippen LogP) is -2.84. The van der Waals surface area contributed by atoms with Crippen LogP contribution in [0.2, 0.25) is 0 Å². The van der Waals surface area contributed by atoms with Crippen LogP contribution in [-0.4, -0.2) is 6.29 Å². The molecule has 0 aromatic rings. The molecule has 0 saturated heterocycles. The van der Waals surface area contributed by atoms with E-state index in [-0.39, 0.29) is 0 Å². The van der Waals surface area contributed by atoms with Gasteiger partial charge in [0.05, 0.1) is 0 Å². The summed E-state index contributed by atoms with van der Waals surface area (Å²) in [6.07, 6.45) is -0.509. The molecule has 5 nitrogen and oxygen atoms in total. The second-order valence-corrected chi connectivity index (χ2v) is 0.811. The number of hydrogen-bond donors (Lipinski definition) is 5. The Bertz CT molecular complexity index is 23.1. The summed E-state index contributed by atoms with van der Waals surface area (Å²) in [7, 11) is 0. The summed E-state index contributed by atoms with van der Waals surface area (Å²) in [5, 5.41) is 0. The normalized spacial score (nSPS) is 10.0. The molecule has 5 heteroatoms. The van der Waals surface area contributed by atoms with Crippen molar-refractivity contribution in [3.63, 3.8) is 0 Å². The molecule has 0 aliphatic rings. The molecule has 0 amide bonds. The molecule has 0 aliphatic heterocycles. The summed E-state index contributed by atoms with van der Waals surface area (Å²) in [6, 6.07) is 0. The number of nitrogens with one attached hydrogen (secondary N) is 2. The van der Waals surface area contributed by atoms with E-state index in [0.717, 1.165) is 0 Å². The molecule has 8 N–H and O–H groups in total. The van der Waals surface area contributed by atoms with Gasteiger partial charge in [0.15, 0.2) is 0 Å². The molecule has 0 aromatic carbocycles. The SMILES string of the molecule is NNC(N)NN. The Hall–Kier alpha value is -0.200. The van der Waals surface area contributed by atoms with Gasteiger partial charge in [-0.05, 0) is 0 Å². The molecule has 0 heterocycles. The second-order valence-electron chi connectivity index (χ2n) is 0.811. The van der Waals surface area contributed by atoms with E-state index in [2.05, 4.69) is 10.9 Å². The molecule has 0 rings (SSSR count). The van der Waals surface area contributed by atoms with Gasteiger partial charge in [-0.1, -0.05) is 0 Å². The van der Waals surface area contributed by atoms with Crippen molar-refractivity contribution in [1.29, 1.82) is 0 Å². The number of nitrogens with two attached hydrogens (primary N) is 3. The maximum absolute atomic E-state index is 5.00. The van der Waals surface area contributed by atoms with E-state index in [9.17, 15) is 0 Å². The Kier molecular flexibility index (Phi) is 2.91. The second kappa shape index (κ2) is 3.01. The van der Waals surface area contributed by atoms with Crippen molar-refractivity contribution in [2.75, 3.05) is 0 Å². The first-order chi connectivity index (χ1) is 2.81. The standard InChI is InChI=1S/CH9N5/c2-1(5-3)6-4/h1,5-6H,2-4H2. The molecular formula is CH9N5. The fraction of sp³-hybridized carbons (Fsp3) is 1.00. The quantitative estimate of drug-likeness (QED) is 0.143. The third kappa shape index (κ3) is 2.06. The highest BCUT2D eigenvalue weighted by atomic mass is 15.4. The van der Waals surface area contributed by atoms with Gasteiger partial charge in [0.25, 0.3) is 0 Å². The molecule has 0 saturated carbocycles. The van der Waals surface area contributed by atoms with Crippen LogP contribution in [0.4, 0.5) is 0 Å².